The topological polar surface area (TPSA) is 175 Å². The zero-order valence-electron chi connectivity index (χ0n) is 23.7. The van der Waals surface area contributed by atoms with Crippen molar-refractivity contribution in [1.29, 1.82) is 0 Å². The number of ketones is 1. The van der Waals surface area contributed by atoms with Crippen molar-refractivity contribution in [1.82, 2.24) is 0 Å². The average Bonchev–Trinajstić information content (AvgIpc) is 3.03. The van der Waals surface area contributed by atoms with Crippen LogP contribution in [0.4, 0.5) is 0 Å². The molecule has 4 rings (SSSR count). The first-order chi connectivity index (χ1) is 17.8. The van der Waals surface area contributed by atoms with Gasteiger partial charge >= 0.3 is 17.9 Å². The molecule has 0 bridgehead atoms. The normalized spacial score (nSPS) is 48.3. The molecule has 3 aliphatic carbocycles. The van der Waals surface area contributed by atoms with E-state index in [0.29, 0.717) is 12.8 Å². The lowest BCUT2D eigenvalue weighted by molar-refractivity contribution is -0.360. The van der Waals surface area contributed by atoms with E-state index < -0.39 is 93.9 Å². The van der Waals surface area contributed by atoms with E-state index in [2.05, 4.69) is 0 Å². The second kappa shape index (κ2) is 9.20. The van der Waals surface area contributed by atoms with Gasteiger partial charge in [0.15, 0.2) is 23.8 Å². The van der Waals surface area contributed by atoms with Crippen LogP contribution in [0.25, 0.3) is 0 Å². The summed E-state index contributed by atoms with van der Waals surface area (Å²) in [5.74, 6) is -4.96. The Morgan fingerprint density at radius 3 is 2.03 bits per heavy atom. The summed E-state index contributed by atoms with van der Waals surface area (Å²) in [7, 11) is 1.24. The highest BCUT2D eigenvalue weighted by Gasteiger charge is 2.84. The minimum atomic E-state index is -2.49. The molecule has 0 spiro atoms. The summed E-state index contributed by atoms with van der Waals surface area (Å²) in [6, 6.07) is 0. The van der Waals surface area contributed by atoms with Crippen LogP contribution in [0.15, 0.2) is 0 Å². The summed E-state index contributed by atoms with van der Waals surface area (Å²) in [5, 5.41) is 35.7. The first-order valence-corrected chi connectivity index (χ1v) is 13.2. The fourth-order valence-corrected chi connectivity index (χ4v) is 8.47. The number of aliphatic hydroxyl groups excluding tert-OH is 1. The molecule has 11 atom stereocenters. The van der Waals surface area contributed by atoms with Crippen molar-refractivity contribution in [2.75, 3.05) is 7.11 Å². The molecule has 12 heteroatoms. The molecule has 39 heavy (non-hydrogen) atoms. The van der Waals surface area contributed by atoms with Crippen LogP contribution >= 0.6 is 0 Å². The monoisotopic (exact) mass is 556 g/mol. The van der Waals surface area contributed by atoms with Crippen molar-refractivity contribution in [2.45, 2.75) is 115 Å². The molecular formula is C27H40O12. The van der Waals surface area contributed by atoms with Gasteiger partial charge < -0.3 is 39.0 Å². The summed E-state index contributed by atoms with van der Waals surface area (Å²) >= 11 is 0. The maximum atomic E-state index is 13.8. The first kappa shape index (κ1) is 29.9. The molecule has 11 unspecified atom stereocenters. The summed E-state index contributed by atoms with van der Waals surface area (Å²) in [6.07, 6.45) is -6.80. The molecule has 0 aromatic carbocycles. The minimum Gasteiger partial charge on any atom is -0.462 e. The molecule has 0 amide bonds. The van der Waals surface area contributed by atoms with Crippen molar-refractivity contribution in [3.8, 4) is 0 Å². The van der Waals surface area contributed by atoms with Crippen molar-refractivity contribution >= 4 is 23.7 Å². The van der Waals surface area contributed by atoms with Crippen molar-refractivity contribution in [2.24, 2.45) is 22.7 Å². The van der Waals surface area contributed by atoms with E-state index in [9.17, 15) is 34.5 Å². The molecule has 0 aromatic rings. The number of rotatable bonds is 4. The second-order valence-electron chi connectivity index (χ2n) is 12.5. The quantitative estimate of drug-likeness (QED) is 0.322. The molecule has 12 nitrogen and oxygen atoms in total. The van der Waals surface area contributed by atoms with E-state index in [1.807, 2.05) is 0 Å². The fourth-order valence-electron chi connectivity index (χ4n) is 8.47. The van der Waals surface area contributed by atoms with Crippen LogP contribution in [0.3, 0.4) is 0 Å². The van der Waals surface area contributed by atoms with E-state index in [-0.39, 0.29) is 6.42 Å². The van der Waals surface area contributed by atoms with E-state index in [4.69, 9.17) is 23.7 Å². The Hall–Kier alpha value is -2.12. The fraction of sp³-hybridized carbons (Fsp3) is 0.852. The molecule has 1 saturated heterocycles. The first-order valence-electron chi connectivity index (χ1n) is 13.2. The Labute approximate surface area is 227 Å². The Balaban J connectivity index is 2.07. The molecular weight excluding hydrogens is 516 g/mol. The van der Waals surface area contributed by atoms with Crippen LogP contribution < -0.4 is 0 Å². The number of fused-ring (bicyclic) bond motifs is 5. The molecule has 4 fully saturated rings. The second-order valence-corrected chi connectivity index (χ2v) is 12.5. The molecule has 0 aromatic heterocycles. The third-order valence-corrected chi connectivity index (χ3v) is 10.2. The van der Waals surface area contributed by atoms with Gasteiger partial charge in [-0.1, -0.05) is 20.8 Å². The molecule has 1 aliphatic heterocycles. The summed E-state index contributed by atoms with van der Waals surface area (Å²) in [4.78, 5) is 51.1. The van der Waals surface area contributed by atoms with Crippen molar-refractivity contribution < 1.29 is 58.2 Å². The number of hydrogen-bond donors (Lipinski definition) is 3. The summed E-state index contributed by atoms with van der Waals surface area (Å²) in [6.45, 7) is 10.2. The smallest absolute Gasteiger partial charge is 0.303 e. The summed E-state index contributed by atoms with van der Waals surface area (Å²) in [5.41, 5.74) is -8.87. The minimum absolute atomic E-state index is 0.318. The average molecular weight is 557 g/mol. The van der Waals surface area contributed by atoms with Gasteiger partial charge in [-0.2, -0.15) is 0 Å². The molecule has 1 heterocycles. The third kappa shape index (κ3) is 3.67. The highest BCUT2D eigenvalue weighted by molar-refractivity contribution is 5.91. The molecule has 4 aliphatic rings. The van der Waals surface area contributed by atoms with Crippen LogP contribution in [-0.4, -0.2) is 93.6 Å². The number of aliphatic hydroxyl groups is 3. The predicted molar refractivity (Wildman–Crippen MR) is 131 cm³/mol. The van der Waals surface area contributed by atoms with Crippen molar-refractivity contribution in [3.05, 3.63) is 0 Å². The molecule has 3 N–H and O–H groups in total. The van der Waals surface area contributed by atoms with Gasteiger partial charge in [-0.05, 0) is 31.1 Å². The van der Waals surface area contributed by atoms with Crippen LogP contribution in [0, 0.1) is 22.7 Å². The number of carbonyl (C=O) groups excluding carboxylic acids is 4. The number of esters is 3. The third-order valence-electron chi connectivity index (χ3n) is 10.2. The van der Waals surface area contributed by atoms with Gasteiger partial charge in [0.25, 0.3) is 0 Å². The Bertz CT molecular complexity index is 1070. The number of Topliss-reactive ketones (excluding diaryl/α,β-unsaturated/α-hetero) is 1. The standard InChI is InChI=1S/C27H40O12/c1-12(28)36-17-9-10-23(4,5)27(34)21(38-14(3)30)19(37-13(2)29)18-15(24(17,27)6)11-16(31)26(33)20(32)22(35-8)39-25(18,26)7/h15,17-22,32-34H,9-11H2,1-8H3. The largest absolute Gasteiger partial charge is 0.462 e. The lowest BCUT2D eigenvalue weighted by atomic mass is 9.37. The number of hydrogen-bond acceptors (Lipinski definition) is 12. The van der Waals surface area contributed by atoms with Gasteiger partial charge in [0, 0.05) is 45.6 Å². The Morgan fingerprint density at radius 2 is 1.51 bits per heavy atom. The van der Waals surface area contributed by atoms with Crippen LogP contribution in [0.2, 0.25) is 0 Å². The SMILES string of the molecule is COC1OC2(C)C3C(OC(C)=O)C(OC(C)=O)C4(O)C(C)(C)CCC(OC(C)=O)C4(C)C3CC(=O)C2(O)C1O. The lowest BCUT2D eigenvalue weighted by Gasteiger charge is -2.71. The number of carbonyl (C=O) groups is 4. The van der Waals surface area contributed by atoms with E-state index in [1.54, 1.807) is 20.8 Å². The zero-order valence-corrected chi connectivity index (χ0v) is 23.7. The van der Waals surface area contributed by atoms with Gasteiger partial charge in [0.05, 0.1) is 0 Å². The lowest BCUT2D eigenvalue weighted by Crippen LogP contribution is -2.84. The zero-order chi connectivity index (χ0) is 29.5. The van der Waals surface area contributed by atoms with Crippen LogP contribution in [-0.2, 0) is 42.9 Å². The van der Waals surface area contributed by atoms with Crippen molar-refractivity contribution in [3.63, 3.8) is 0 Å². The van der Waals surface area contributed by atoms with E-state index >= 15 is 0 Å². The van der Waals surface area contributed by atoms with E-state index in [1.165, 1.54) is 21.0 Å². The Kier molecular flexibility index (Phi) is 7.04. The van der Waals surface area contributed by atoms with Gasteiger partial charge in [-0.3, -0.25) is 19.2 Å². The molecule has 3 saturated carbocycles. The van der Waals surface area contributed by atoms with Gasteiger partial charge in [0.1, 0.15) is 29.5 Å². The molecule has 220 valence electrons. The van der Waals surface area contributed by atoms with Gasteiger partial charge in [0.2, 0.25) is 0 Å². The Morgan fingerprint density at radius 1 is 0.949 bits per heavy atom. The number of ether oxygens (including phenoxy) is 5. The predicted octanol–water partition coefficient (Wildman–Crippen LogP) is 0.411. The van der Waals surface area contributed by atoms with Crippen LogP contribution in [0.1, 0.15) is 67.7 Å². The maximum absolute atomic E-state index is 13.8. The highest BCUT2D eigenvalue weighted by atomic mass is 16.7. The maximum Gasteiger partial charge on any atom is 0.303 e. The highest BCUT2D eigenvalue weighted by Crippen LogP contribution is 2.70. The van der Waals surface area contributed by atoms with E-state index in [0.717, 1.165) is 13.8 Å². The summed E-state index contributed by atoms with van der Waals surface area (Å²) < 4.78 is 28.7. The number of methoxy groups -OCH3 is 1. The van der Waals surface area contributed by atoms with Gasteiger partial charge in [-0.15, -0.1) is 0 Å². The van der Waals surface area contributed by atoms with Gasteiger partial charge in [-0.25, -0.2) is 0 Å². The van der Waals surface area contributed by atoms with Crippen LogP contribution in [0.5, 0.6) is 0 Å². The molecule has 0 radical (unpaired) electrons.